The molecule has 1 aromatic rings. The van der Waals surface area contributed by atoms with Crippen molar-refractivity contribution in [3.63, 3.8) is 0 Å². The molecule has 0 saturated heterocycles. The summed E-state index contributed by atoms with van der Waals surface area (Å²) in [5, 5.41) is 12.0. The van der Waals surface area contributed by atoms with Crippen LogP contribution in [0.1, 0.15) is 30.9 Å². The number of benzene rings is 1. The molecule has 1 atom stereocenters. The second-order valence-corrected chi connectivity index (χ2v) is 3.85. The Hall–Kier alpha value is -1.86. The van der Waals surface area contributed by atoms with Gasteiger partial charge in [-0.3, -0.25) is 4.79 Å². The summed E-state index contributed by atoms with van der Waals surface area (Å²) in [7, 11) is 0. The van der Waals surface area contributed by atoms with E-state index in [2.05, 4.69) is 11.4 Å². The largest absolute Gasteiger partial charge is 0.370 e. The molecule has 0 aliphatic rings. The van der Waals surface area contributed by atoms with E-state index in [-0.39, 0.29) is 11.9 Å². The normalized spacial score (nSPS) is 11.7. The zero-order valence-electron chi connectivity index (χ0n) is 9.73. The van der Waals surface area contributed by atoms with Crippen molar-refractivity contribution in [3.8, 4) is 6.07 Å². The van der Waals surface area contributed by atoms with E-state index in [1.165, 1.54) is 0 Å². The highest BCUT2D eigenvalue weighted by atomic mass is 16.1. The molecule has 0 radical (unpaired) electrons. The van der Waals surface area contributed by atoms with Crippen LogP contribution in [0.15, 0.2) is 30.3 Å². The first-order chi connectivity index (χ1) is 8.24. The van der Waals surface area contributed by atoms with Gasteiger partial charge in [-0.05, 0) is 18.5 Å². The summed E-state index contributed by atoms with van der Waals surface area (Å²) in [6.07, 6.45) is 1.49. The minimum Gasteiger partial charge on any atom is -0.370 e. The molecular formula is C13H17N3O. The van der Waals surface area contributed by atoms with Crippen molar-refractivity contribution in [3.05, 3.63) is 35.9 Å². The van der Waals surface area contributed by atoms with E-state index in [4.69, 9.17) is 11.0 Å². The minimum atomic E-state index is -0.289. The average Bonchev–Trinajstić information content (AvgIpc) is 2.34. The molecule has 3 N–H and O–H groups in total. The molecular weight excluding hydrogens is 214 g/mol. The van der Waals surface area contributed by atoms with Crippen LogP contribution in [0, 0.1) is 11.3 Å². The van der Waals surface area contributed by atoms with Crippen molar-refractivity contribution in [1.29, 1.82) is 5.26 Å². The maximum absolute atomic E-state index is 10.6. The molecule has 1 rings (SSSR count). The molecule has 1 amide bonds. The van der Waals surface area contributed by atoms with Gasteiger partial charge in [-0.1, -0.05) is 30.3 Å². The lowest BCUT2D eigenvalue weighted by molar-refractivity contribution is -0.118. The van der Waals surface area contributed by atoms with Crippen LogP contribution in [0.25, 0.3) is 0 Å². The summed E-state index contributed by atoms with van der Waals surface area (Å²) < 4.78 is 0. The summed E-state index contributed by atoms with van der Waals surface area (Å²) in [6, 6.07) is 12.0. The van der Waals surface area contributed by atoms with Crippen molar-refractivity contribution >= 4 is 5.91 Å². The number of nitriles is 1. The van der Waals surface area contributed by atoms with E-state index in [0.29, 0.717) is 25.8 Å². The minimum absolute atomic E-state index is 0.0223. The smallest absolute Gasteiger partial charge is 0.217 e. The summed E-state index contributed by atoms with van der Waals surface area (Å²) in [6.45, 7) is 0.685. The summed E-state index contributed by atoms with van der Waals surface area (Å²) in [5.74, 6) is -0.289. The standard InChI is InChI=1S/C13H17N3O/c14-9-8-12(11-5-2-1-3-6-11)16-10-4-7-13(15)17/h1-3,5-6,12,16H,4,7-8,10H2,(H2,15,17). The molecule has 17 heavy (non-hydrogen) atoms. The number of carbonyl (C=O) groups excluding carboxylic acids is 1. The molecule has 0 bridgehead atoms. The van der Waals surface area contributed by atoms with Crippen LogP contribution in [-0.2, 0) is 4.79 Å². The Morgan fingerprint density at radius 2 is 2.12 bits per heavy atom. The maximum atomic E-state index is 10.6. The Morgan fingerprint density at radius 3 is 2.71 bits per heavy atom. The highest BCUT2D eigenvalue weighted by Crippen LogP contribution is 2.15. The molecule has 0 saturated carbocycles. The van der Waals surface area contributed by atoms with E-state index < -0.39 is 0 Å². The van der Waals surface area contributed by atoms with Gasteiger partial charge in [0.1, 0.15) is 0 Å². The Morgan fingerprint density at radius 1 is 1.41 bits per heavy atom. The lowest BCUT2D eigenvalue weighted by Gasteiger charge is -2.15. The molecule has 0 aliphatic carbocycles. The predicted molar refractivity (Wildman–Crippen MR) is 65.8 cm³/mol. The molecule has 1 aromatic carbocycles. The van der Waals surface area contributed by atoms with E-state index in [9.17, 15) is 4.79 Å². The molecule has 0 fully saturated rings. The number of carbonyl (C=O) groups is 1. The third kappa shape index (κ3) is 5.14. The first-order valence-corrected chi connectivity index (χ1v) is 5.67. The van der Waals surface area contributed by atoms with Crippen LogP contribution in [0.3, 0.4) is 0 Å². The number of amides is 1. The maximum Gasteiger partial charge on any atom is 0.217 e. The Labute approximate surface area is 101 Å². The second-order valence-electron chi connectivity index (χ2n) is 3.85. The zero-order chi connectivity index (χ0) is 12.5. The number of nitrogens with zero attached hydrogens (tertiary/aromatic N) is 1. The Bertz CT molecular complexity index is 383. The highest BCUT2D eigenvalue weighted by molar-refractivity contribution is 5.73. The SMILES string of the molecule is N#CCC(NCCCC(N)=O)c1ccccc1. The summed E-state index contributed by atoms with van der Waals surface area (Å²) in [4.78, 5) is 10.6. The quantitative estimate of drug-likeness (QED) is 0.698. The molecule has 4 nitrogen and oxygen atoms in total. The molecule has 0 aromatic heterocycles. The second kappa shape index (κ2) is 7.42. The third-order valence-electron chi connectivity index (χ3n) is 2.49. The lowest BCUT2D eigenvalue weighted by atomic mass is 10.0. The van der Waals surface area contributed by atoms with E-state index in [1.807, 2.05) is 30.3 Å². The van der Waals surface area contributed by atoms with Crippen LogP contribution in [0.2, 0.25) is 0 Å². The molecule has 90 valence electrons. The van der Waals surface area contributed by atoms with Crippen molar-refractivity contribution in [2.45, 2.75) is 25.3 Å². The average molecular weight is 231 g/mol. The van der Waals surface area contributed by atoms with Gasteiger partial charge in [0, 0.05) is 12.5 Å². The first kappa shape index (κ1) is 13.2. The van der Waals surface area contributed by atoms with E-state index in [1.54, 1.807) is 0 Å². The van der Waals surface area contributed by atoms with Gasteiger partial charge in [0.15, 0.2) is 0 Å². The van der Waals surface area contributed by atoms with Gasteiger partial charge in [-0.15, -0.1) is 0 Å². The van der Waals surface area contributed by atoms with Gasteiger partial charge >= 0.3 is 0 Å². The van der Waals surface area contributed by atoms with Crippen molar-refractivity contribution in [2.24, 2.45) is 5.73 Å². The number of hydrogen-bond donors (Lipinski definition) is 2. The molecule has 1 unspecified atom stereocenters. The molecule has 0 aliphatic heterocycles. The first-order valence-electron chi connectivity index (χ1n) is 5.67. The number of nitrogens with one attached hydrogen (secondary N) is 1. The van der Waals surface area contributed by atoms with Crippen LogP contribution in [0.5, 0.6) is 0 Å². The number of hydrogen-bond acceptors (Lipinski definition) is 3. The lowest BCUT2D eigenvalue weighted by Crippen LogP contribution is -2.23. The fraction of sp³-hybridized carbons (Fsp3) is 0.385. The fourth-order valence-electron chi connectivity index (χ4n) is 1.62. The van der Waals surface area contributed by atoms with Crippen molar-refractivity contribution in [2.75, 3.05) is 6.54 Å². The van der Waals surface area contributed by atoms with Crippen LogP contribution in [-0.4, -0.2) is 12.5 Å². The predicted octanol–water partition coefficient (Wildman–Crippen LogP) is 1.50. The zero-order valence-corrected chi connectivity index (χ0v) is 9.73. The number of rotatable bonds is 7. The number of nitrogens with two attached hydrogens (primary N) is 1. The van der Waals surface area contributed by atoms with Gasteiger partial charge in [-0.2, -0.15) is 5.26 Å². The topological polar surface area (TPSA) is 78.9 Å². The van der Waals surface area contributed by atoms with Gasteiger partial charge in [-0.25, -0.2) is 0 Å². The summed E-state index contributed by atoms with van der Waals surface area (Å²) >= 11 is 0. The van der Waals surface area contributed by atoms with Crippen molar-refractivity contribution in [1.82, 2.24) is 5.32 Å². The van der Waals surface area contributed by atoms with Crippen LogP contribution in [0.4, 0.5) is 0 Å². The van der Waals surface area contributed by atoms with Gasteiger partial charge in [0.25, 0.3) is 0 Å². The highest BCUT2D eigenvalue weighted by Gasteiger charge is 2.09. The fourth-order valence-corrected chi connectivity index (χ4v) is 1.62. The van der Waals surface area contributed by atoms with Gasteiger partial charge in [0.05, 0.1) is 12.5 Å². The van der Waals surface area contributed by atoms with E-state index >= 15 is 0 Å². The van der Waals surface area contributed by atoms with Gasteiger partial charge < -0.3 is 11.1 Å². The summed E-state index contributed by atoms with van der Waals surface area (Å²) in [5.41, 5.74) is 6.15. The van der Waals surface area contributed by atoms with Crippen LogP contribution >= 0.6 is 0 Å². The van der Waals surface area contributed by atoms with Crippen LogP contribution < -0.4 is 11.1 Å². The van der Waals surface area contributed by atoms with Gasteiger partial charge in [0.2, 0.25) is 5.91 Å². The number of primary amides is 1. The molecule has 0 spiro atoms. The van der Waals surface area contributed by atoms with E-state index in [0.717, 1.165) is 5.56 Å². The molecule has 4 heteroatoms. The monoisotopic (exact) mass is 231 g/mol. The Kier molecular flexibility index (Phi) is 5.76. The third-order valence-corrected chi connectivity index (χ3v) is 2.49. The Balaban J connectivity index is 2.45. The molecule has 0 heterocycles. The van der Waals surface area contributed by atoms with Crippen molar-refractivity contribution < 1.29 is 4.79 Å².